The van der Waals surface area contributed by atoms with E-state index in [1.807, 2.05) is 6.92 Å². The van der Waals surface area contributed by atoms with Gasteiger partial charge in [-0.2, -0.15) is 0 Å². The van der Waals surface area contributed by atoms with Gasteiger partial charge in [-0.15, -0.1) is 0 Å². The van der Waals surface area contributed by atoms with Gasteiger partial charge in [-0.25, -0.2) is 0 Å². The van der Waals surface area contributed by atoms with E-state index in [4.69, 9.17) is 0 Å². The summed E-state index contributed by atoms with van der Waals surface area (Å²) in [5.41, 5.74) is -1.41. The van der Waals surface area contributed by atoms with Crippen molar-refractivity contribution in [1.82, 2.24) is 0 Å². The molecule has 0 saturated heterocycles. The molecule has 5 unspecified atom stereocenters. The lowest BCUT2D eigenvalue weighted by molar-refractivity contribution is -0.152. The molecule has 2 aliphatic carbocycles. The highest BCUT2D eigenvalue weighted by molar-refractivity contribution is 5.03. The first-order valence-electron chi connectivity index (χ1n) is 7.27. The molecule has 3 nitrogen and oxygen atoms in total. The van der Waals surface area contributed by atoms with Crippen molar-refractivity contribution in [1.29, 1.82) is 0 Å². The lowest BCUT2D eigenvalue weighted by Crippen LogP contribution is -2.54. The molecule has 2 rings (SSSR count). The average molecular weight is 256 g/mol. The van der Waals surface area contributed by atoms with Crippen LogP contribution >= 0.6 is 0 Å². The molecular formula is C15H28O3. The van der Waals surface area contributed by atoms with E-state index in [0.717, 1.165) is 32.1 Å². The third-order valence-electron chi connectivity index (χ3n) is 5.81. The highest BCUT2D eigenvalue weighted by atomic mass is 16.3. The van der Waals surface area contributed by atoms with Gasteiger partial charge < -0.3 is 15.3 Å². The Morgan fingerprint density at radius 2 is 1.89 bits per heavy atom. The number of aliphatic hydroxyl groups is 3. The molecule has 0 aliphatic heterocycles. The molecule has 2 saturated carbocycles. The fourth-order valence-electron chi connectivity index (χ4n) is 4.39. The molecule has 0 amide bonds. The van der Waals surface area contributed by atoms with Gasteiger partial charge >= 0.3 is 0 Å². The molecule has 0 aromatic rings. The molecular weight excluding hydrogens is 228 g/mol. The fraction of sp³-hybridized carbons (Fsp3) is 1.00. The summed E-state index contributed by atoms with van der Waals surface area (Å²) < 4.78 is 0. The van der Waals surface area contributed by atoms with Crippen molar-refractivity contribution in [2.24, 2.45) is 17.3 Å². The fourth-order valence-corrected chi connectivity index (χ4v) is 4.39. The number of rotatable bonds is 2. The van der Waals surface area contributed by atoms with Crippen LogP contribution in [0.4, 0.5) is 0 Å². The third-order valence-corrected chi connectivity index (χ3v) is 5.81. The Morgan fingerprint density at radius 3 is 2.50 bits per heavy atom. The van der Waals surface area contributed by atoms with Crippen molar-refractivity contribution in [2.75, 3.05) is 6.61 Å². The van der Waals surface area contributed by atoms with Crippen molar-refractivity contribution in [3.05, 3.63) is 0 Å². The number of aliphatic hydroxyl groups excluding tert-OH is 1. The van der Waals surface area contributed by atoms with E-state index in [0.29, 0.717) is 0 Å². The predicted octanol–water partition coefficient (Wildman–Crippen LogP) is 2.09. The summed E-state index contributed by atoms with van der Waals surface area (Å²) in [6.45, 7) is 5.77. The normalized spacial score (nSPS) is 48.3. The first kappa shape index (κ1) is 14.3. The lowest BCUT2D eigenvalue weighted by atomic mass is 9.52. The molecule has 106 valence electrons. The average Bonchev–Trinajstić information content (AvgIpc) is 2.27. The maximum atomic E-state index is 10.6. The zero-order valence-corrected chi connectivity index (χ0v) is 11.9. The van der Waals surface area contributed by atoms with Gasteiger partial charge in [-0.05, 0) is 63.2 Å². The van der Waals surface area contributed by atoms with Crippen LogP contribution in [0, 0.1) is 17.3 Å². The van der Waals surface area contributed by atoms with Gasteiger partial charge in [0.15, 0.2) is 0 Å². The maximum Gasteiger partial charge on any atom is 0.0877 e. The number of fused-ring (bicyclic) bond motifs is 1. The monoisotopic (exact) mass is 256 g/mol. The highest BCUT2D eigenvalue weighted by Gasteiger charge is 2.52. The topological polar surface area (TPSA) is 60.7 Å². The second kappa shape index (κ2) is 4.46. The minimum absolute atomic E-state index is 0.102. The molecule has 0 aromatic heterocycles. The molecule has 0 radical (unpaired) electrons. The lowest BCUT2D eigenvalue weighted by Gasteiger charge is -2.55. The van der Waals surface area contributed by atoms with Gasteiger partial charge in [0.25, 0.3) is 0 Å². The summed E-state index contributed by atoms with van der Waals surface area (Å²) in [5.74, 6) is 0.348. The molecule has 0 heterocycles. The summed E-state index contributed by atoms with van der Waals surface area (Å²) in [5, 5.41) is 30.2. The summed E-state index contributed by atoms with van der Waals surface area (Å²) in [7, 11) is 0. The van der Waals surface area contributed by atoms with Crippen molar-refractivity contribution >= 4 is 0 Å². The second-order valence-corrected chi connectivity index (χ2v) is 7.40. The zero-order chi connectivity index (χ0) is 13.6. The number of hydrogen-bond donors (Lipinski definition) is 3. The van der Waals surface area contributed by atoms with E-state index < -0.39 is 11.2 Å². The zero-order valence-electron chi connectivity index (χ0n) is 11.9. The Balaban J connectivity index is 2.19. The third kappa shape index (κ3) is 2.33. The van der Waals surface area contributed by atoms with Gasteiger partial charge in [0.1, 0.15) is 0 Å². The van der Waals surface area contributed by atoms with Gasteiger partial charge in [0, 0.05) is 0 Å². The van der Waals surface area contributed by atoms with Crippen LogP contribution in [0.15, 0.2) is 0 Å². The maximum absolute atomic E-state index is 10.6. The van der Waals surface area contributed by atoms with Gasteiger partial charge in [0.2, 0.25) is 0 Å². The van der Waals surface area contributed by atoms with E-state index >= 15 is 0 Å². The first-order valence-corrected chi connectivity index (χ1v) is 7.27. The second-order valence-electron chi connectivity index (χ2n) is 7.40. The smallest absolute Gasteiger partial charge is 0.0877 e. The largest absolute Gasteiger partial charge is 0.393 e. The molecule has 0 aromatic carbocycles. The molecule has 3 heteroatoms. The molecule has 0 bridgehead atoms. The van der Waals surface area contributed by atoms with Crippen LogP contribution in [0.3, 0.4) is 0 Å². The Hall–Kier alpha value is -0.120. The van der Waals surface area contributed by atoms with Crippen LogP contribution < -0.4 is 0 Å². The Morgan fingerprint density at radius 1 is 1.22 bits per heavy atom. The molecule has 18 heavy (non-hydrogen) atoms. The Bertz CT molecular complexity index is 311. The van der Waals surface area contributed by atoms with E-state index in [2.05, 4.69) is 6.92 Å². The van der Waals surface area contributed by atoms with Crippen LogP contribution in [0.2, 0.25) is 0 Å². The minimum Gasteiger partial charge on any atom is -0.393 e. The minimum atomic E-state index is -1.01. The summed E-state index contributed by atoms with van der Waals surface area (Å²) >= 11 is 0. The van der Waals surface area contributed by atoms with E-state index in [9.17, 15) is 15.3 Å². The van der Waals surface area contributed by atoms with Crippen LogP contribution in [0.25, 0.3) is 0 Å². The quantitative estimate of drug-likeness (QED) is 0.709. The summed E-state index contributed by atoms with van der Waals surface area (Å²) in [6, 6.07) is 0. The van der Waals surface area contributed by atoms with Crippen molar-refractivity contribution in [3.63, 3.8) is 0 Å². The van der Waals surface area contributed by atoms with Gasteiger partial charge in [-0.1, -0.05) is 13.3 Å². The molecule has 2 fully saturated rings. The van der Waals surface area contributed by atoms with Crippen LogP contribution in [0.5, 0.6) is 0 Å². The van der Waals surface area contributed by atoms with E-state index in [1.165, 1.54) is 6.42 Å². The van der Waals surface area contributed by atoms with Crippen LogP contribution in [-0.2, 0) is 0 Å². The Kier molecular flexibility index (Phi) is 3.54. The first-order chi connectivity index (χ1) is 8.21. The van der Waals surface area contributed by atoms with Gasteiger partial charge in [0.05, 0.1) is 17.8 Å². The SMILES string of the molecule is CC(O)(CO)C1CCC2(C)CCCC(C)(O)C2C1. The van der Waals surface area contributed by atoms with Crippen LogP contribution in [0.1, 0.15) is 59.3 Å². The molecule has 3 N–H and O–H groups in total. The molecule has 0 spiro atoms. The summed E-state index contributed by atoms with van der Waals surface area (Å²) in [4.78, 5) is 0. The van der Waals surface area contributed by atoms with E-state index in [-0.39, 0.29) is 23.9 Å². The predicted molar refractivity (Wildman–Crippen MR) is 71.1 cm³/mol. The number of hydrogen-bond acceptors (Lipinski definition) is 3. The van der Waals surface area contributed by atoms with Crippen molar-refractivity contribution in [2.45, 2.75) is 70.5 Å². The molecule has 5 atom stereocenters. The Labute approximate surface area is 110 Å². The molecule has 2 aliphatic rings. The van der Waals surface area contributed by atoms with Crippen molar-refractivity contribution in [3.8, 4) is 0 Å². The standard InChI is InChI=1S/C15H28O3/c1-13-6-4-7-14(2,17)12(13)9-11(5-8-13)15(3,18)10-16/h11-12,16-18H,4-10H2,1-3H3. The van der Waals surface area contributed by atoms with E-state index in [1.54, 1.807) is 6.92 Å². The summed E-state index contributed by atoms with van der Waals surface area (Å²) in [6.07, 6.45) is 5.98. The highest BCUT2D eigenvalue weighted by Crippen LogP contribution is 2.56. The van der Waals surface area contributed by atoms with Crippen LogP contribution in [-0.4, -0.2) is 33.1 Å². The van der Waals surface area contributed by atoms with Gasteiger partial charge in [-0.3, -0.25) is 0 Å². The van der Waals surface area contributed by atoms with Crippen molar-refractivity contribution < 1.29 is 15.3 Å².